The molecular formula is C19H18N2O5S. The van der Waals surface area contributed by atoms with Gasteiger partial charge in [0.1, 0.15) is 5.54 Å². The smallest absolute Gasteiger partial charge is 0.325 e. The highest BCUT2D eigenvalue weighted by Crippen LogP contribution is 2.34. The van der Waals surface area contributed by atoms with Crippen molar-refractivity contribution in [1.82, 2.24) is 10.2 Å². The van der Waals surface area contributed by atoms with Crippen LogP contribution in [0.25, 0.3) is 0 Å². The number of amides is 3. The molecule has 1 N–H and O–H groups in total. The molecule has 3 amide bonds. The first kappa shape index (κ1) is 17.5. The first-order valence-electron chi connectivity index (χ1n) is 8.48. The molecule has 4 rings (SSSR count). The van der Waals surface area contributed by atoms with Gasteiger partial charge in [0.05, 0.1) is 11.4 Å². The molecule has 3 heterocycles. The second kappa shape index (κ2) is 6.38. The summed E-state index contributed by atoms with van der Waals surface area (Å²) >= 11 is 1.35. The Bertz CT molecular complexity index is 953. The summed E-state index contributed by atoms with van der Waals surface area (Å²) in [4.78, 5) is 40.2. The van der Waals surface area contributed by atoms with Crippen molar-refractivity contribution in [3.8, 4) is 11.5 Å². The van der Waals surface area contributed by atoms with E-state index in [1.54, 1.807) is 25.1 Å². The molecule has 1 atom stereocenters. The summed E-state index contributed by atoms with van der Waals surface area (Å²) in [5.74, 6) is 0.618. The number of rotatable bonds is 5. The quantitative estimate of drug-likeness (QED) is 0.630. The van der Waals surface area contributed by atoms with Crippen molar-refractivity contribution in [3.05, 3.63) is 45.6 Å². The Morgan fingerprint density at radius 1 is 1.22 bits per heavy atom. The van der Waals surface area contributed by atoms with Gasteiger partial charge in [-0.2, -0.15) is 0 Å². The Hall–Kier alpha value is -2.87. The number of thiophene rings is 1. The maximum Gasteiger partial charge on any atom is 0.325 e. The van der Waals surface area contributed by atoms with Gasteiger partial charge in [-0.05, 0) is 43.7 Å². The second-order valence-electron chi connectivity index (χ2n) is 6.85. The standard InChI is InChI=1S/C19H18N2O5S/c1-11-3-6-16(27-11)13(22)9-21-17(23)19(2,20-18(21)24)8-12-4-5-14-15(7-12)26-10-25-14/h3-7H,8-10H2,1-2H3,(H,20,24)/t19-/m1/s1. The summed E-state index contributed by atoms with van der Waals surface area (Å²) in [5.41, 5.74) is -0.284. The normalized spacial score (nSPS) is 20.9. The van der Waals surface area contributed by atoms with Gasteiger partial charge in [-0.1, -0.05) is 6.07 Å². The topological polar surface area (TPSA) is 84.9 Å². The molecule has 1 fully saturated rings. The van der Waals surface area contributed by atoms with E-state index < -0.39 is 17.5 Å². The van der Waals surface area contributed by atoms with Crippen LogP contribution in [0.3, 0.4) is 0 Å². The van der Waals surface area contributed by atoms with E-state index in [-0.39, 0.29) is 25.5 Å². The third-order valence-electron chi connectivity index (χ3n) is 4.66. The highest BCUT2D eigenvalue weighted by Gasteiger charge is 2.48. The monoisotopic (exact) mass is 386 g/mol. The van der Waals surface area contributed by atoms with Gasteiger partial charge in [0.15, 0.2) is 17.3 Å². The number of aryl methyl sites for hydroxylation is 1. The Kier molecular flexibility index (Phi) is 4.15. The Morgan fingerprint density at radius 2 is 2.00 bits per heavy atom. The Balaban J connectivity index is 1.50. The van der Waals surface area contributed by atoms with E-state index in [0.717, 1.165) is 15.3 Å². The number of nitrogens with one attached hydrogen (secondary N) is 1. The molecule has 140 valence electrons. The van der Waals surface area contributed by atoms with Gasteiger partial charge < -0.3 is 14.8 Å². The lowest BCUT2D eigenvalue weighted by molar-refractivity contribution is -0.130. The van der Waals surface area contributed by atoms with Gasteiger partial charge >= 0.3 is 6.03 Å². The summed E-state index contributed by atoms with van der Waals surface area (Å²) in [5, 5.41) is 2.72. The van der Waals surface area contributed by atoms with Crippen molar-refractivity contribution in [3.63, 3.8) is 0 Å². The van der Waals surface area contributed by atoms with Gasteiger partial charge in [0, 0.05) is 11.3 Å². The van der Waals surface area contributed by atoms with Gasteiger partial charge in [-0.15, -0.1) is 11.3 Å². The van der Waals surface area contributed by atoms with Crippen LogP contribution in [0.1, 0.15) is 27.0 Å². The molecule has 1 saturated heterocycles. The number of Topliss-reactive ketones (excluding diaryl/α,β-unsaturated/α-hetero) is 1. The highest BCUT2D eigenvalue weighted by atomic mass is 32.1. The molecule has 1 aromatic carbocycles. The summed E-state index contributed by atoms with van der Waals surface area (Å²) in [7, 11) is 0. The van der Waals surface area contributed by atoms with Crippen molar-refractivity contribution in [1.29, 1.82) is 0 Å². The minimum Gasteiger partial charge on any atom is -0.454 e. The number of carbonyl (C=O) groups is 3. The fourth-order valence-electron chi connectivity index (χ4n) is 3.28. The molecule has 0 spiro atoms. The fourth-order valence-corrected chi connectivity index (χ4v) is 4.07. The number of carbonyl (C=O) groups excluding carboxylic acids is 3. The third kappa shape index (κ3) is 3.16. The predicted molar refractivity (Wildman–Crippen MR) is 98.3 cm³/mol. The van der Waals surface area contributed by atoms with Crippen molar-refractivity contribution >= 4 is 29.1 Å². The number of urea groups is 1. The zero-order valence-corrected chi connectivity index (χ0v) is 15.7. The Morgan fingerprint density at radius 3 is 2.74 bits per heavy atom. The summed E-state index contributed by atoms with van der Waals surface area (Å²) < 4.78 is 10.6. The van der Waals surface area contributed by atoms with Crippen LogP contribution in [0.2, 0.25) is 0 Å². The number of imide groups is 1. The first-order valence-corrected chi connectivity index (χ1v) is 9.30. The van der Waals surface area contributed by atoms with E-state index in [4.69, 9.17) is 9.47 Å². The molecule has 2 aromatic rings. The highest BCUT2D eigenvalue weighted by molar-refractivity contribution is 7.14. The fraction of sp³-hybridized carbons (Fsp3) is 0.316. The van der Waals surface area contributed by atoms with E-state index in [1.807, 2.05) is 19.1 Å². The van der Waals surface area contributed by atoms with Crippen LogP contribution in [0.15, 0.2) is 30.3 Å². The van der Waals surface area contributed by atoms with E-state index in [1.165, 1.54) is 11.3 Å². The van der Waals surface area contributed by atoms with Gasteiger partial charge in [-0.3, -0.25) is 14.5 Å². The van der Waals surface area contributed by atoms with Crippen LogP contribution in [0.4, 0.5) is 4.79 Å². The maximum absolute atomic E-state index is 12.9. The number of ether oxygens (including phenoxy) is 2. The minimum atomic E-state index is -1.11. The number of benzene rings is 1. The van der Waals surface area contributed by atoms with E-state index in [9.17, 15) is 14.4 Å². The van der Waals surface area contributed by atoms with Crippen molar-refractivity contribution in [2.24, 2.45) is 0 Å². The largest absolute Gasteiger partial charge is 0.454 e. The van der Waals surface area contributed by atoms with Crippen LogP contribution in [-0.4, -0.2) is 41.5 Å². The molecule has 27 heavy (non-hydrogen) atoms. The van der Waals surface area contributed by atoms with Gasteiger partial charge in [0.25, 0.3) is 5.91 Å². The summed E-state index contributed by atoms with van der Waals surface area (Å²) in [6.45, 7) is 3.47. The second-order valence-corrected chi connectivity index (χ2v) is 8.14. The van der Waals surface area contributed by atoms with E-state index >= 15 is 0 Å². The number of ketones is 1. The van der Waals surface area contributed by atoms with Crippen LogP contribution in [0, 0.1) is 6.92 Å². The molecule has 0 bridgehead atoms. The minimum absolute atomic E-state index is 0.170. The molecule has 2 aliphatic heterocycles. The van der Waals surface area contributed by atoms with Crippen LogP contribution >= 0.6 is 11.3 Å². The molecule has 8 heteroatoms. The zero-order chi connectivity index (χ0) is 19.2. The van der Waals surface area contributed by atoms with Crippen LogP contribution in [0.5, 0.6) is 11.5 Å². The lowest BCUT2D eigenvalue weighted by Crippen LogP contribution is -2.46. The molecule has 0 unspecified atom stereocenters. The summed E-state index contributed by atoms with van der Waals surface area (Å²) in [6, 6.07) is 8.42. The zero-order valence-electron chi connectivity index (χ0n) is 14.9. The molecule has 2 aliphatic rings. The van der Waals surface area contributed by atoms with Gasteiger partial charge in [0.2, 0.25) is 6.79 Å². The van der Waals surface area contributed by atoms with E-state index in [2.05, 4.69) is 5.32 Å². The predicted octanol–water partition coefficient (Wildman–Crippen LogP) is 2.52. The third-order valence-corrected chi connectivity index (χ3v) is 5.70. The van der Waals surface area contributed by atoms with Crippen LogP contribution < -0.4 is 14.8 Å². The SMILES string of the molecule is Cc1ccc(C(=O)CN2C(=O)N[C@](C)(Cc3ccc4c(c3)OCO4)C2=O)s1. The molecule has 0 aliphatic carbocycles. The lowest BCUT2D eigenvalue weighted by atomic mass is 9.92. The average molecular weight is 386 g/mol. The first-order chi connectivity index (χ1) is 12.9. The summed E-state index contributed by atoms with van der Waals surface area (Å²) in [6.07, 6.45) is 0.289. The molecule has 0 saturated carbocycles. The molecule has 1 aromatic heterocycles. The number of fused-ring (bicyclic) bond motifs is 1. The van der Waals surface area contributed by atoms with Crippen LogP contribution in [-0.2, 0) is 11.2 Å². The molecule has 0 radical (unpaired) electrons. The van der Waals surface area contributed by atoms with Crippen molar-refractivity contribution in [2.75, 3.05) is 13.3 Å². The Labute approximate surface area is 159 Å². The average Bonchev–Trinajstić information content (AvgIpc) is 3.30. The maximum atomic E-state index is 12.9. The lowest BCUT2D eigenvalue weighted by Gasteiger charge is -2.21. The number of hydrogen-bond donors (Lipinski definition) is 1. The van der Waals surface area contributed by atoms with Gasteiger partial charge in [-0.25, -0.2) is 4.79 Å². The molecule has 7 nitrogen and oxygen atoms in total. The molecular weight excluding hydrogens is 368 g/mol. The van der Waals surface area contributed by atoms with Crippen molar-refractivity contribution in [2.45, 2.75) is 25.8 Å². The van der Waals surface area contributed by atoms with E-state index in [0.29, 0.717) is 16.4 Å². The number of nitrogens with zero attached hydrogens (tertiary/aromatic N) is 1. The number of hydrogen-bond acceptors (Lipinski definition) is 6. The van der Waals surface area contributed by atoms with Crippen molar-refractivity contribution < 1.29 is 23.9 Å².